The normalized spacial score (nSPS) is 13.7. The average Bonchev–Trinajstić information content (AvgIpc) is 1.58. The van der Waals surface area contributed by atoms with E-state index in [0.29, 0.717) is 0 Å². The van der Waals surface area contributed by atoms with Crippen LogP contribution >= 0.6 is 0 Å². The molecule has 0 aliphatic carbocycles. The highest BCUT2D eigenvalue weighted by molar-refractivity contribution is 7.00. The van der Waals surface area contributed by atoms with Gasteiger partial charge in [0.1, 0.15) is 0 Å². The lowest BCUT2D eigenvalue weighted by atomic mass is 9.34. The van der Waals surface area contributed by atoms with Crippen LogP contribution in [0.2, 0.25) is 0 Å². The number of fused-ring (bicyclic) bond motifs is 11. The Bertz CT molecular complexity index is 4500. The molecule has 85 heavy (non-hydrogen) atoms. The predicted octanol–water partition coefficient (Wildman–Crippen LogP) is 19.4. The first-order chi connectivity index (χ1) is 39.9. The van der Waals surface area contributed by atoms with Crippen LogP contribution in [0.3, 0.4) is 0 Å². The van der Waals surface area contributed by atoms with E-state index in [2.05, 4.69) is 298 Å². The summed E-state index contributed by atoms with van der Waals surface area (Å²) in [6.45, 7) is 42.3. The van der Waals surface area contributed by atoms with Gasteiger partial charge in [0.05, 0.1) is 22.2 Å². The van der Waals surface area contributed by atoms with Gasteiger partial charge in [-0.2, -0.15) is 0 Å². The summed E-state index contributed by atoms with van der Waals surface area (Å²) in [5.74, 6) is 0.717. The molecule has 0 radical (unpaired) electrons. The number of para-hydroxylation sites is 1. The first-order valence-electron chi connectivity index (χ1n) is 31.0. The van der Waals surface area contributed by atoms with Crippen molar-refractivity contribution >= 4 is 77.6 Å². The van der Waals surface area contributed by atoms with E-state index in [1.807, 2.05) is 0 Å². The van der Waals surface area contributed by atoms with Crippen LogP contribution in [0.25, 0.3) is 111 Å². The molecule has 0 saturated carbocycles. The van der Waals surface area contributed by atoms with Gasteiger partial charge in [-0.15, -0.1) is 0 Å². The Kier molecular flexibility index (Phi) is 11.8. The third-order valence-corrected chi connectivity index (χ3v) is 19.0. The minimum absolute atomic E-state index is 0.0562. The number of nitrogens with zero attached hydrogens (tertiary/aromatic N) is 4. The minimum atomic E-state index is -0.0935. The second-order valence-corrected chi connectivity index (χ2v) is 31.2. The Hall–Kier alpha value is -8.02. The highest BCUT2D eigenvalue weighted by Crippen LogP contribution is 2.48. The molecule has 0 saturated heterocycles. The number of rotatable bonds is 4. The molecule has 424 valence electrons. The Morgan fingerprint density at radius 1 is 0.329 bits per heavy atom. The molecule has 0 spiro atoms. The number of aromatic nitrogens is 4. The SMILES string of the molecule is CC(C)(C)c1cc(-c2ccc3c4c2c2cc(C(C)(C)C)ccc2n4-c2cc(-c4nc(-c5ccccc5)nc5ccccc45)cc4c2B3c2ccc(-c3cc(C(C)(C)C)cc(C(C)(C)C)c3)c3c5cc(C(C)(C)C)ccc5n-4c23)cc(C(C)(C)C)c1. The molecule has 0 atom stereocenters. The predicted molar refractivity (Wildman–Crippen MR) is 367 cm³/mol. The zero-order chi connectivity index (χ0) is 60.0. The second-order valence-electron chi connectivity index (χ2n) is 31.2. The van der Waals surface area contributed by atoms with Gasteiger partial charge in [0.15, 0.2) is 5.82 Å². The molecule has 2 aliphatic rings. The van der Waals surface area contributed by atoms with E-state index < -0.39 is 0 Å². The van der Waals surface area contributed by atoms with E-state index in [4.69, 9.17) is 9.97 Å². The number of hydrogen-bond acceptors (Lipinski definition) is 2. The fourth-order valence-electron chi connectivity index (χ4n) is 13.9. The molecule has 3 aromatic heterocycles. The lowest BCUT2D eigenvalue weighted by molar-refractivity contribution is 0.568. The molecule has 0 N–H and O–H groups in total. The molecule has 12 aromatic rings. The summed E-state index contributed by atoms with van der Waals surface area (Å²) in [4.78, 5) is 10.9. The maximum atomic E-state index is 5.66. The molecule has 0 amide bonds. The third-order valence-electron chi connectivity index (χ3n) is 19.0. The van der Waals surface area contributed by atoms with Crippen LogP contribution in [0, 0.1) is 0 Å². The summed E-state index contributed by atoms with van der Waals surface area (Å²) in [5.41, 5.74) is 28.0. The molecule has 9 aromatic carbocycles. The Balaban J connectivity index is 1.19. The van der Waals surface area contributed by atoms with Crippen molar-refractivity contribution in [3.05, 3.63) is 197 Å². The zero-order valence-electron chi connectivity index (χ0n) is 53.5. The van der Waals surface area contributed by atoms with Gasteiger partial charge in [-0.05, 0) is 147 Å². The van der Waals surface area contributed by atoms with Crippen LogP contribution in [0.15, 0.2) is 164 Å². The smallest absolute Gasteiger partial charge is 0.252 e. The van der Waals surface area contributed by atoms with Crippen molar-refractivity contribution in [2.75, 3.05) is 0 Å². The fourth-order valence-corrected chi connectivity index (χ4v) is 13.9. The number of hydrogen-bond donors (Lipinski definition) is 0. The van der Waals surface area contributed by atoms with Crippen LogP contribution in [0.1, 0.15) is 158 Å². The Morgan fingerprint density at radius 2 is 0.741 bits per heavy atom. The lowest BCUT2D eigenvalue weighted by Gasteiger charge is -2.35. The van der Waals surface area contributed by atoms with Gasteiger partial charge < -0.3 is 9.13 Å². The molecular formula is C80H81BN4. The summed E-state index contributed by atoms with van der Waals surface area (Å²) >= 11 is 0. The standard InChI is InChI=1S/C80H81BN4/c1-75(2,3)50-28-34-64-59(44-50)68-56(47-36-52(77(7,8)9)42-53(37-47)78(10,11)12)30-32-61-72(68)84(64)66-40-49(71-58-26-22-23-27-63(58)82-74(83-71)46-24-20-19-21-25-46)41-67-70(66)81(61)62-33-31-57(48-38-54(79(13,14)15)43-55(39-48)80(16,17)18)69-60-45-51(76(4,5)6)29-35-65(60)85(67)73(62)69/h19-45H,1-18H3. The van der Waals surface area contributed by atoms with Gasteiger partial charge in [0.25, 0.3) is 6.71 Å². The van der Waals surface area contributed by atoms with E-state index in [1.165, 1.54) is 127 Å². The Labute approximate surface area is 504 Å². The highest BCUT2D eigenvalue weighted by atomic mass is 15.0. The van der Waals surface area contributed by atoms with Crippen molar-refractivity contribution in [3.8, 4) is 56.3 Å². The van der Waals surface area contributed by atoms with Crippen molar-refractivity contribution < 1.29 is 0 Å². The van der Waals surface area contributed by atoms with E-state index in [9.17, 15) is 0 Å². The maximum absolute atomic E-state index is 5.66. The molecule has 0 bridgehead atoms. The molecule has 0 fully saturated rings. The van der Waals surface area contributed by atoms with Crippen LogP contribution in [0.4, 0.5) is 0 Å². The largest absolute Gasteiger partial charge is 0.310 e. The monoisotopic (exact) mass is 1110 g/mol. The van der Waals surface area contributed by atoms with Gasteiger partial charge in [-0.25, -0.2) is 9.97 Å². The molecule has 5 heterocycles. The van der Waals surface area contributed by atoms with Crippen LogP contribution in [-0.4, -0.2) is 25.8 Å². The van der Waals surface area contributed by atoms with Crippen LogP contribution in [-0.2, 0) is 32.5 Å². The quantitative estimate of drug-likeness (QED) is 0.165. The maximum Gasteiger partial charge on any atom is 0.252 e. The van der Waals surface area contributed by atoms with E-state index in [0.717, 1.165) is 33.5 Å². The number of benzene rings is 9. The Morgan fingerprint density at radius 3 is 1.16 bits per heavy atom. The summed E-state index contributed by atoms with van der Waals surface area (Å²) in [6.07, 6.45) is 0. The lowest BCUT2D eigenvalue weighted by Crippen LogP contribution is -2.59. The van der Waals surface area contributed by atoms with E-state index in [-0.39, 0.29) is 39.2 Å². The van der Waals surface area contributed by atoms with Crippen molar-refractivity contribution in [1.29, 1.82) is 0 Å². The minimum Gasteiger partial charge on any atom is -0.310 e. The van der Waals surface area contributed by atoms with E-state index >= 15 is 0 Å². The molecule has 5 heteroatoms. The topological polar surface area (TPSA) is 35.6 Å². The van der Waals surface area contributed by atoms with Crippen molar-refractivity contribution in [2.45, 2.75) is 157 Å². The first kappa shape index (κ1) is 54.9. The second kappa shape index (κ2) is 18.3. The summed E-state index contributed by atoms with van der Waals surface area (Å²) in [5, 5.41) is 6.21. The van der Waals surface area contributed by atoms with Crippen molar-refractivity contribution in [2.24, 2.45) is 0 Å². The molecule has 2 aliphatic heterocycles. The summed E-state index contributed by atoms with van der Waals surface area (Å²) in [6, 6.07) is 63.7. The average molecular weight is 1110 g/mol. The molecular weight excluding hydrogens is 1030 g/mol. The zero-order valence-corrected chi connectivity index (χ0v) is 53.5. The van der Waals surface area contributed by atoms with Gasteiger partial charge in [-0.1, -0.05) is 246 Å². The van der Waals surface area contributed by atoms with Gasteiger partial charge in [-0.3, -0.25) is 0 Å². The summed E-state index contributed by atoms with van der Waals surface area (Å²) < 4.78 is 5.33. The third kappa shape index (κ3) is 8.67. The van der Waals surface area contributed by atoms with E-state index in [1.54, 1.807) is 0 Å². The van der Waals surface area contributed by atoms with Gasteiger partial charge in [0, 0.05) is 60.5 Å². The molecule has 0 unspecified atom stereocenters. The first-order valence-corrected chi connectivity index (χ1v) is 31.0. The van der Waals surface area contributed by atoms with Crippen molar-refractivity contribution in [3.63, 3.8) is 0 Å². The molecule has 4 nitrogen and oxygen atoms in total. The van der Waals surface area contributed by atoms with Gasteiger partial charge in [0.2, 0.25) is 0 Å². The van der Waals surface area contributed by atoms with Crippen molar-refractivity contribution in [1.82, 2.24) is 19.1 Å². The molecule has 14 rings (SSSR count). The van der Waals surface area contributed by atoms with Crippen LogP contribution < -0.4 is 16.4 Å². The summed E-state index contributed by atoms with van der Waals surface area (Å²) in [7, 11) is 0. The highest BCUT2D eigenvalue weighted by Gasteiger charge is 2.43. The van der Waals surface area contributed by atoms with Crippen LogP contribution in [0.5, 0.6) is 0 Å². The fraction of sp³-hybridized carbons (Fsp3) is 0.300. The van der Waals surface area contributed by atoms with Gasteiger partial charge >= 0.3 is 0 Å².